The van der Waals surface area contributed by atoms with Gasteiger partial charge in [0.25, 0.3) is 0 Å². The van der Waals surface area contributed by atoms with Crippen LogP contribution in [0.1, 0.15) is 19.4 Å². The van der Waals surface area contributed by atoms with Crippen LogP contribution >= 0.6 is 0 Å². The average molecular weight is 206 g/mol. The monoisotopic (exact) mass is 206 g/mol. The second-order valence-corrected chi connectivity index (χ2v) is 3.46. The van der Waals surface area contributed by atoms with Gasteiger partial charge in [-0.3, -0.25) is 5.41 Å². The van der Waals surface area contributed by atoms with Gasteiger partial charge in [-0.1, -0.05) is 12.1 Å². The lowest BCUT2D eigenvalue weighted by Crippen LogP contribution is -2.31. The van der Waals surface area contributed by atoms with Crippen molar-refractivity contribution in [2.45, 2.75) is 20.3 Å². The molecule has 15 heavy (non-hydrogen) atoms. The second-order valence-electron chi connectivity index (χ2n) is 3.46. The highest BCUT2D eigenvalue weighted by Crippen LogP contribution is 2.10. The molecule has 0 saturated carbocycles. The first-order valence-electron chi connectivity index (χ1n) is 5.27. The van der Waals surface area contributed by atoms with Gasteiger partial charge in [0.15, 0.2) is 0 Å². The van der Waals surface area contributed by atoms with Gasteiger partial charge in [0, 0.05) is 19.5 Å². The maximum Gasteiger partial charge on any atom is 0.115 e. The Morgan fingerprint density at radius 1 is 1.20 bits per heavy atom. The van der Waals surface area contributed by atoms with Gasteiger partial charge in [0.05, 0.1) is 0 Å². The van der Waals surface area contributed by atoms with Gasteiger partial charge in [-0.2, -0.15) is 0 Å². The molecule has 0 bridgehead atoms. The molecule has 0 unspecified atom stereocenters. The lowest BCUT2D eigenvalue weighted by molar-refractivity contribution is 0.455. The van der Waals surface area contributed by atoms with E-state index in [0.717, 1.165) is 18.7 Å². The third kappa shape index (κ3) is 3.27. The van der Waals surface area contributed by atoms with Crippen LogP contribution < -0.4 is 0 Å². The van der Waals surface area contributed by atoms with E-state index in [0.29, 0.717) is 12.3 Å². The molecule has 0 atom stereocenters. The standard InChI is InChI=1S/C12H18N2O/c1-3-14(4-2)12(13)9-10-5-7-11(15)8-6-10/h5-8,13,15H,3-4,9H2,1-2H3. The number of nitrogens with one attached hydrogen (secondary N) is 1. The number of hydrogen-bond acceptors (Lipinski definition) is 2. The summed E-state index contributed by atoms with van der Waals surface area (Å²) in [7, 11) is 0. The van der Waals surface area contributed by atoms with Crippen molar-refractivity contribution in [2.24, 2.45) is 0 Å². The fraction of sp³-hybridized carbons (Fsp3) is 0.417. The van der Waals surface area contributed by atoms with Crippen molar-refractivity contribution in [3.05, 3.63) is 29.8 Å². The van der Waals surface area contributed by atoms with Crippen LogP contribution in [0.15, 0.2) is 24.3 Å². The topological polar surface area (TPSA) is 47.3 Å². The summed E-state index contributed by atoms with van der Waals surface area (Å²) < 4.78 is 0. The zero-order valence-corrected chi connectivity index (χ0v) is 9.33. The van der Waals surface area contributed by atoms with Crippen LogP contribution in [0.25, 0.3) is 0 Å². The van der Waals surface area contributed by atoms with E-state index in [4.69, 9.17) is 10.5 Å². The van der Waals surface area contributed by atoms with Crippen LogP contribution in [0.4, 0.5) is 0 Å². The molecule has 0 aliphatic carbocycles. The Balaban J connectivity index is 2.61. The molecule has 0 saturated heterocycles. The first-order valence-corrected chi connectivity index (χ1v) is 5.27. The van der Waals surface area contributed by atoms with Crippen molar-refractivity contribution < 1.29 is 5.11 Å². The van der Waals surface area contributed by atoms with Crippen molar-refractivity contribution in [2.75, 3.05) is 13.1 Å². The first kappa shape index (κ1) is 11.6. The molecule has 1 rings (SSSR count). The van der Waals surface area contributed by atoms with E-state index < -0.39 is 0 Å². The number of phenolic OH excluding ortho intramolecular Hbond substituents is 1. The molecule has 3 nitrogen and oxygen atoms in total. The number of nitrogens with zero attached hydrogens (tertiary/aromatic N) is 1. The second kappa shape index (κ2) is 5.39. The fourth-order valence-electron chi connectivity index (χ4n) is 1.52. The molecule has 0 radical (unpaired) electrons. The van der Waals surface area contributed by atoms with Gasteiger partial charge in [0.1, 0.15) is 11.6 Å². The predicted molar refractivity (Wildman–Crippen MR) is 62.5 cm³/mol. The first-order chi connectivity index (χ1) is 7.17. The Morgan fingerprint density at radius 2 is 1.73 bits per heavy atom. The third-order valence-corrected chi connectivity index (χ3v) is 2.45. The van der Waals surface area contributed by atoms with Gasteiger partial charge in [-0.25, -0.2) is 0 Å². The van der Waals surface area contributed by atoms with Crippen LogP contribution in [0.3, 0.4) is 0 Å². The highest BCUT2D eigenvalue weighted by Gasteiger charge is 2.05. The largest absolute Gasteiger partial charge is 0.508 e. The van der Waals surface area contributed by atoms with Gasteiger partial charge < -0.3 is 10.0 Å². The summed E-state index contributed by atoms with van der Waals surface area (Å²) in [6.45, 7) is 5.84. The molecule has 82 valence electrons. The predicted octanol–water partition coefficient (Wildman–Crippen LogP) is 2.25. The maximum atomic E-state index is 9.13. The molecular formula is C12H18N2O. The number of aromatic hydroxyl groups is 1. The van der Waals surface area contributed by atoms with E-state index in [1.165, 1.54) is 0 Å². The average Bonchev–Trinajstić information content (AvgIpc) is 2.23. The lowest BCUT2D eigenvalue weighted by Gasteiger charge is -2.21. The molecule has 0 fully saturated rings. The summed E-state index contributed by atoms with van der Waals surface area (Å²) in [6.07, 6.45) is 0.627. The van der Waals surface area contributed by atoms with E-state index in [1.807, 2.05) is 17.0 Å². The SMILES string of the molecule is CCN(CC)C(=N)Cc1ccc(O)cc1. The number of amidine groups is 1. The summed E-state index contributed by atoms with van der Waals surface area (Å²) >= 11 is 0. The van der Waals surface area contributed by atoms with Crippen LogP contribution in [0.5, 0.6) is 5.75 Å². The van der Waals surface area contributed by atoms with Gasteiger partial charge >= 0.3 is 0 Å². The van der Waals surface area contributed by atoms with Crippen LogP contribution in [0, 0.1) is 5.41 Å². The van der Waals surface area contributed by atoms with E-state index >= 15 is 0 Å². The van der Waals surface area contributed by atoms with Crippen LogP contribution in [-0.4, -0.2) is 28.9 Å². The molecule has 0 aromatic heterocycles. The number of likely N-dealkylation sites (N-methyl/N-ethyl adjacent to an activating group) is 1. The van der Waals surface area contributed by atoms with Crippen molar-refractivity contribution in [3.63, 3.8) is 0 Å². The molecule has 3 heteroatoms. The smallest absolute Gasteiger partial charge is 0.115 e. The minimum absolute atomic E-state index is 0.271. The molecule has 0 heterocycles. The van der Waals surface area contributed by atoms with Gasteiger partial charge in [0.2, 0.25) is 0 Å². The zero-order chi connectivity index (χ0) is 11.3. The Hall–Kier alpha value is -1.51. The molecule has 0 aliphatic rings. The Bertz CT molecular complexity index is 315. The Labute approximate surface area is 90.9 Å². The number of benzene rings is 1. The van der Waals surface area contributed by atoms with E-state index in [9.17, 15) is 0 Å². The summed E-state index contributed by atoms with van der Waals surface area (Å²) in [5, 5.41) is 17.0. The van der Waals surface area contributed by atoms with Crippen molar-refractivity contribution >= 4 is 5.84 Å². The van der Waals surface area contributed by atoms with Crippen LogP contribution in [0.2, 0.25) is 0 Å². The Morgan fingerprint density at radius 3 is 2.20 bits per heavy atom. The summed E-state index contributed by atoms with van der Waals surface area (Å²) in [5.74, 6) is 0.902. The summed E-state index contributed by atoms with van der Waals surface area (Å²) in [5.41, 5.74) is 1.06. The summed E-state index contributed by atoms with van der Waals surface area (Å²) in [6, 6.07) is 7.02. The normalized spacial score (nSPS) is 10.0. The van der Waals surface area contributed by atoms with Crippen molar-refractivity contribution in [3.8, 4) is 5.75 Å². The van der Waals surface area contributed by atoms with Crippen LogP contribution in [-0.2, 0) is 6.42 Å². The van der Waals surface area contributed by atoms with E-state index in [-0.39, 0.29) is 5.75 Å². The molecule has 2 N–H and O–H groups in total. The highest BCUT2D eigenvalue weighted by atomic mass is 16.3. The number of rotatable bonds is 4. The minimum atomic E-state index is 0.271. The molecule has 1 aromatic carbocycles. The number of hydrogen-bond donors (Lipinski definition) is 2. The molecule has 0 amide bonds. The molecular weight excluding hydrogens is 188 g/mol. The lowest BCUT2D eigenvalue weighted by atomic mass is 10.1. The minimum Gasteiger partial charge on any atom is -0.508 e. The fourth-order valence-corrected chi connectivity index (χ4v) is 1.52. The van der Waals surface area contributed by atoms with Crippen molar-refractivity contribution in [1.82, 2.24) is 4.90 Å². The Kier molecular flexibility index (Phi) is 4.16. The molecule has 0 spiro atoms. The quantitative estimate of drug-likeness (QED) is 0.586. The van der Waals surface area contributed by atoms with E-state index in [1.54, 1.807) is 12.1 Å². The summed E-state index contributed by atoms with van der Waals surface area (Å²) in [4.78, 5) is 2.02. The highest BCUT2D eigenvalue weighted by molar-refractivity contribution is 5.81. The molecule has 0 aliphatic heterocycles. The van der Waals surface area contributed by atoms with E-state index in [2.05, 4.69) is 13.8 Å². The zero-order valence-electron chi connectivity index (χ0n) is 9.33. The van der Waals surface area contributed by atoms with Gasteiger partial charge in [-0.15, -0.1) is 0 Å². The number of phenols is 1. The maximum absolute atomic E-state index is 9.13. The van der Waals surface area contributed by atoms with Gasteiger partial charge in [-0.05, 0) is 31.5 Å². The van der Waals surface area contributed by atoms with Crippen molar-refractivity contribution in [1.29, 1.82) is 5.41 Å². The molecule has 1 aromatic rings. The third-order valence-electron chi connectivity index (χ3n) is 2.45.